The first-order chi connectivity index (χ1) is 16.8. The van der Waals surface area contributed by atoms with Gasteiger partial charge in [-0.1, -0.05) is 62.4 Å². The third kappa shape index (κ3) is 4.71. The molecule has 3 amide bonds. The number of benzene rings is 2. The molecular weight excluding hydrogens is 446 g/mol. The molecule has 4 N–H and O–H groups in total. The van der Waals surface area contributed by atoms with Crippen LogP contribution in [-0.4, -0.2) is 47.7 Å². The van der Waals surface area contributed by atoms with E-state index in [2.05, 4.69) is 16.0 Å². The Morgan fingerprint density at radius 3 is 2.20 bits per heavy atom. The van der Waals surface area contributed by atoms with E-state index in [1.54, 1.807) is 24.3 Å². The Morgan fingerprint density at radius 1 is 1.09 bits per heavy atom. The molecule has 0 saturated carbocycles. The Morgan fingerprint density at radius 2 is 1.69 bits per heavy atom. The molecule has 2 aliphatic rings. The fourth-order valence-corrected chi connectivity index (χ4v) is 5.03. The van der Waals surface area contributed by atoms with Crippen LogP contribution in [0.5, 0.6) is 0 Å². The molecule has 0 aromatic heterocycles. The van der Waals surface area contributed by atoms with Crippen LogP contribution in [0.15, 0.2) is 48.5 Å². The standard InChI is InChI=1S/C27H31N3O5/c1-16(2)13-23(25(33)29-18(15-31)14-17-11-12-28-24(17)32)30-26(34)27(35)21-9-5-3-7-19(21)20-8-4-6-10-22(20)27/h3-10,15-18,23,35H,11-14H2,1-2H3,(H,28,32)(H,29,33)(H,30,34)/t17-,18-,23-/m0/s1. The van der Waals surface area contributed by atoms with Crippen molar-refractivity contribution in [3.05, 3.63) is 59.7 Å². The Kier molecular flexibility index (Phi) is 7.03. The van der Waals surface area contributed by atoms with E-state index in [0.29, 0.717) is 36.8 Å². The Bertz CT molecular complexity index is 1100. The highest BCUT2D eigenvalue weighted by Gasteiger charge is 2.48. The van der Waals surface area contributed by atoms with E-state index in [-0.39, 0.29) is 24.2 Å². The maximum Gasteiger partial charge on any atom is 0.262 e. The number of carbonyl (C=O) groups excluding carboxylic acids is 4. The molecule has 1 heterocycles. The quantitative estimate of drug-likeness (QED) is 0.409. The van der Waals surface area contributed by atoms with Crippen molar-refractivity contribution in [2.75, 3.05) is 6.54 Å². The van der Waals surface area contributed by atoms with Gasteiger partial charge in [0.25, 0.3) is 5.91 Å². The van der Waals surface area contributed by atoms with Crippen LogP contribution in [0.4, 0.5) is 0 Å². The van der Waals surface area contributed by atoms with Crippen LogP contribution in [0.1, 0.15) is 44.2 Å². The van der Waals surface area contributed by atoms with Crippen molar-refractivity contribution in [3.63, 3.8) is 0 Å². The summed E-state index contributed by atoms with van der Waals surface area (Å²) in [6.07, 6.45) is 1.74. The van der Waals surface area contributed by atoms with Gasteiger partial charge in [-0.05, 0) is 36.3 Å². The number of hydrogen-bond donors (Lipinski definition) is 4. The van der Waals surface area contributed by atoms with Crippen LogP contribution in [0, 0.1) is 11.8 Å². The highest BCUT2D eigenvalue weighted by molar-refractivity contribution is 6.00. The molecule has 184 valence electrons. The van der Waals surface area contributed by atoms with E-state index >= 15 is 0 Å². The lowest BCUT2D eigenvalue weighted by molar-refractivity contribution is -0.140. The number of hydrogen-bond acceptors (Lipinski definition) is 5. The molecule has 0 radical (unpaired) electrons. The third-order valence-corrected chi connectivity index (χ3v) is 6.77. The van der Waals surface area contributed by atoms with Gasteiger partial charge < -0.3 is 25.9 Å². The molecule has 2 aromatic carbocycles. The molecule has 0 unspecified atom stereocenters. The van der Waals surface area contributed by atoms with Crippen molar-refractivity contribution in [1.29, 1.82) is 0 Å². The van der Waals surface area contributed by atoms with Crippen LogP contribution in [0.25, 0.3) is 11.1 Å². The van der Waals surface area contributed by atoms with Gasteiger partial charge >= 0.3 is 0 Å². The van der Waals surface area contributed by atoms with Gasteiger partial charge in [-0.3, -0.25) is 14.4 Å². The molecule has 3 atom stereocenters. The van der Waals surface area contributed by atoms with Crippen molar-refractivity contribution in [1.82, 2.24) is 16.0 Å². The first-order valence-electron chi connectivity index (χ1n) is 12.0. The SMILES string of the molecule is CC(C)C[C@H](NC(=O)C1(O)c2ccccc2-c2ccccc21)C(=O)N[C@H](C=O)C[C@@H]1CCNC1=O. The lowest BCUT2D eigenvalue weighted by Gasteiger charge is -2.29. The van der Waals surface area contributed by atoms with E-state index in [1.807, 2.05) is 38.1 Å². The predicted octanol–water partition coefficient (Wildman–Crippen LogP) is 1.64. The van der Waals surface area contributed by atoms with Crippen molar-refractivity contribution in [3.8, 4) is 11.1 Å². The van der Waals surface area contributed by atoms with Crippen LogP contribution in [0.3, 0.4) is 0 Å². The summed E-state index contributed by atoms with van der Waals surface area (Å²) in [5.74, 6) is -1.63. The normalized spacial score (nSPS) is 19.3. The van der Waals surface area contributed by atoms with Crippen LogP contribution in [-0.2, 0) is 24.8 Å². The summed E-state index contributed by atoms with van der Waals surface area (Å²) in [6, 6.07) is 12.5. The van der Waals surface area contributed by atoms with Crippen molar-refractivity contribution < 1.29 is 24.3 Å². The maximum atomic E-state index is 13.6. The number of fused-ring (bicyclic) bond motifs is 3. The lowest BCUT2D eigenvalue weighted by atomic mass is 9.89. The zero-order valence-corrected chi connectivity index (χ0v) is 19.9. The molecule has 0 spiro atoms. The van der Waals surface area contributed by atoms with Gasteiger partial charge in [0.1, 0.15) is 12.3 Å². The van der Waals surface area contributed by atoms with Crippen molar-refractivity contribution in [2.45, 2.75) is 50.8 Å². The Labute approximate surface area is 204 Å². The molecule has 8 heteroatoms. The second-order valence-corrected chi connectivity index (χ2v) is 9.72. The second-order valence-electron chi connectivity index (χ2n) is 9.72. The topological polar surface area (TPSA) is 125 Å². The van der Waals surface area contributed by atoms with Crippen LogP contribution in [0.2, 0.25) is 0 Å². The van der Waals surface area contributed by atoms with Gasteiger partial charge in [0.15, 0.2) is 5.60 Å². The van der Waals surface area contributed by atoms with Crippen molar-refractivity contribution in [2.24, 2.45) is 11.8 Å². The first-order valence-corrected chi connectivity index (χ1v) is 12.0. The third-order valence-electron chi connectivity index (χ3n) is 6.77. The summed E-state index contributed by atoms with van der Waals surface area (Å²) in [5, 5.41) is 19.9. The van der Waals surface area contributed by atoms with Gasteiger partial charge in [-0.25, -0.2) is 0 Å². The molecule has 8 nitrogen and oxygen atoms in total. The minimum absolute atomic E-state index is 0.0548. The molecule has 4 rings (SSSR count). The fraction of sp³-hybridized carbons (Fsp3) is 0.407. The van der Waals surface area contributed by atoms with Crippen molar-refractivity contribution >= 4 is 24.0 Å². The van der Waals surface area contributed by atoms with Gasteiger partial charge in [0, 0.05) is 23.6 Å². The van der Waals surface area contributed by atoms with Gasteiger partial charge in [-0.15, -0.1) is 0 Å². The highest BCUT2D eigenvalue weighted by atomic mass is 16.3. The zero-order valence-electron chi connectivity index (χ0n) is 19.9. The number of amides is 3. The van der Waals surface area contributed by atoms with E-state index in [9.17, 15) is 24.3 Å². The van der Waals surface area contributed by atoms with Gasteiger partial charge in [0.2, 0.25) is 11.8 Å². The molecule has 1 saturated heterocycles. The highest BCUT2D eigenvalue weighted by Crippen LogP contribution is 2.47. The number of nitrogens with one attached hydrogen (secondary N) is 3. The fourth-order valence-electron chi connectivity index (χ4n) is 5.03. The van der Waals surface area contributed by atoms with Crippen LogP contribution >= 0.6 is 0 Å². The molecule has 1 aliphatic heterocycles. The Balaban J connectivity index is 1.56. The van der Waals surface area contributed by atoms with Crippen LogP contribution < -0.4 is 16.0 Å². The average Bonchev–Trinajstić information content (AvgIpc) is 3.37. The minimum Gasteiger partial charge on any atom is -0.372 e. The van der Waals surface area contributed by atoms with E-state index in [1.165, 1.54) is 0 Å². The minimum atomic E-state index is -1.95. The summed E-state index contributed by atoms with van der Waals surface area (Å²) < 4.78 is 0. The summed E-state index contributed by atoms with van der Waals surface area (Å²) in [5.41, 5.74) is 0.498. The Hall–Kier alpha value is -3.52. The summed E-state index contributed by atoms with van der Waals surface area (Å²) in [6.45, 7) is 4.39. The summed E-state index contributed by atoms with van der Waals surface area (Å²) >= 11 is 0. The molecule has 2 aromatic rings. The molecule has 35 heavy (non-hydrogen) atoms. The van der Waals surface area contributed by atoms with E-state index in [4.69, 9.17) is 0 Å². The lowest BCUT2D eigenvalue weighted by Crippen LogP contribution is -2.55. The summed E-state index contributed by atoms with van der Waals surface area (Å²) in [7, 11) is 0. The number of rotatable bonds is 9. The van der Waals surface area contributed by atoms with Gasteiger partial charge in [-0.2, -0.15) is 0 Å². The smallest absolute Gasteiger partial charge is 0.262 e. The maximum absolute atomic E-state index is 13.6. The van der Waals surface area contributed by atoms with Gasteiger partial charge in [0.05, 0.1) is 6.04 Å². The van der Waals surface area contributed by atoms with E-state index < -0.39 is 29.5 Å². The zero-order chi connectivity index (χ0) is 25.2. The first kappa shape index (κ1) is 24.6. The molecule has 1 fully saturated rings. The molecule has 0 bridgehead atoms. The molecular formula is C27H31N3O5. The van der Waals surface area contributed by atoms with E-state index in [0.717, 1.165) is 11.1 Å². The number of aliphatic hydroxyl groups is 1. The number of carbonyl (C=O) groups is 4. The molecule has 1 aliphatic carbocycles. The largest absolute Gasteiger partial charge is 0.372 e. The second kappa shape index (κ2) is 10.00. The average molecular weight is 478 g/mol. The predicted molar refractivity (Wildman–Crippen MR) is 130 cm³/mol. The monoisotopic (exact) mass is 477 g/mol. The number of aldehydes is 1. The summed E-state index contributed by atoms with van der Waals surface area (Å²) in [4.78, 5) is 50.3.